The highest BCUT2D eigenvalue weighted by atomic mass is 79.9. The highest BCUT2D eigenvalue weighted by molar-refractivity contribution is 9.10. The largest absolute Gasteiger partial charge is 0.454 e. The molecule has 92 valence electrons. The number of benzene rings is 1. The zero-order valence-electron chi connectivity index (χ0n) is 9.15. The number of amidine groups is 1. The van der Waals surface area contributed by atoms with Crippen molar-refractivity contribution in [2.75, 3.05) is 0 Å². The third-order valence-corrected chi connectivity index (χ3v) is 2.88. The minimum absolute atomic E-state index is 0.0347. The van der Waals surface area contributed by atoms with E-state index in [1.54, 1.807) is 36.7 Å². The molecule has 2 aromatic rings. The van der Waals surface area contributed by atoms with Gasteiger partial charge in [0.25, 0.3) is 0 Å². The molecule has 0 amide bonds. The van der Waals surface area contributed by atoms with E-state index in [1.165, 1.54) is 0 Å². The molecule has 0 spiro atoms. The maximum absolute atomic E-state index is 7.31. The molecule has 0 aliphatic rings. The van der Waals surface area contributed by atoms with Crippen molar-refractivity contribution in [3.63, 3.8) is 0 Å². The van der Waals surface area contributed by atoms with Crippen LogP contribution in [0.5, 0.6) is 11.5 Å². The maximum Gasteiger partial charge on any atom is 0.146 e. The first-order valence-corrected chi connectivity index (χ1v) is 6.15. The molecule has 0 radical (unpaired) electrons. The molecular weight excluding hydrogens is 318 g/mol. The first kappa shape index (κ1) is 12.9. The van der Waals surface area contributed by atoms with E-state index in [0.29, 0.717) is 22.1 Å². The molecule has 1 aromatic carbocycles. The molecule has 0 aliphatic carbocycles. The number of nitrogens with two attached hydrogens (primary N) is 1. The number of hydrogen-bond acceptors (Lipinski definition) is 3. The highest BCUT2D eigenvalue weighted by Gasteiger charge is 2.06. The fourth-order valence-electron chi connectivity index (χ4n) is 1.33. The van der Waals surface area contributed by atoms with Gasteiger partial charge < -0.3 is 10.5 Å². The molecule has 3 N–H and O–H groups in total. The Bertz CT molecular complexity index is 604. The standard InChI is InChI=1S/C12H9BrClN3O/c13-8-4-9(6-17-5-8)18-11-2-1-7(12(15)16)3-10(11)14/h1-6H,(H3,15,16). The molecule has 0 atom stereocenters. The van der Waals surface area contributed by atoms with E-state index in [2.05, 4.69) is 20.9 Å². The Labute approximate surface area is 117 Å². The van der Waals surface area contributed by atoms with Crippen LogP contribution in [0.2, 0.25) is 5.02 Å². The second-order valence-corrected chi connectivity index (χ2v) is 4.82. The van der Waals surface area contributed by atoms with Crippen molar-refractivity contribution in [3.05, 3.63) is 51.7 Å². The predicted molar refractivity (Wildman–Crippen MR) is 74.5 cm³/mol. The molecular formula is C12H9BrClN3O. The zero-order valence-corrected chi connectivity index (χ0v) is 11.5. The number of ether oxygens (including phenoxy) is 1. The summed E-state index contributed by atoms with van der Waals surface area (Å²) in [6, 6.07) is 6.71. The number of nitrogens with one attached hydrogen (secondary N) is 1. The van der Waals surface area contributed by atoms with Crippen LogP contribution in [0, 0.1) is 5.41 Å². The molecule has 0 fully saturated rings. The normalized spacial score (nSPS) is 10.1. The summed E-state index contributed by atoms with van der Waals surface area (Å²) in [6.07, 6.45) is 3.24. The van der Waals surface area contributed by atoms with E-state index in [4.69, 9.17) is 27.5 Å². The Morgan fingerprint density at radius 2 is 2.11 bits per heavy atom. The molecule has 0 unspecified atom stereocenters. The van der Waals surface area contributed by atoms with Gasteiger partial charge in [-0.25, -0.2) is 0 Å². The molecule has 0 saturated carbocycles. The first-order chi connectivity index (χ1) is 8.56. The first-order valence-electron chi connectivity index (χ1n) is 4.98. The van der Waals surface area contributed by atoms with Crippen LogP contribution < -0.4 is 10.5 Å². The van der Waals surface area contributed by atoms with Gasteiger partial charge in [0.1, 0.15) is 17.3 Å². The van der Waals surface area contributed by atoms with Gasteiger partial charge in [-0.05, 0) is 40.2 Å². The van der Waals surface area contributed by atoms with Crippen molar-refractivity contribution in [3.8, 4) is 11.5 Å². The van der Waals surface area contributed by atoms with E-state index >= 15 is 0 Å². The van der Waals surface area contributed by atoms with Gasteiger partial charge in [-0.15, -0.1) is 0 Å². The topological polar surface area (TPSA) is 72.0 Å². The lowest BCUT2D eigenvalue weighted by Crippen LogP contribution is -2.10. The van der Waals surface area contributed by atoms with Gasteiger partial charge in [-0.1, -0.05) is 11.6 Å². The zero-order chi connectivity index (χ0) is 13.1. The quantitative estimate of drug-likeness (QED) is 0.669. The maximum atomic E-state index is 7.31. The Morgan fingerprint density at radius 3 is 2.72 bits per heavy atom. The van der Waals surface area contributed by atoms with Gasteiger partial charge in [0.2, 0.25) is 0 Å². The van der Waals surface area contributed by atoms with Crippen LogP contribution in [-0.2, 0) is 0 Å². The van der Waals surface area contributed by atoms with E-state index in [-0.39, 0.29) is 5.84 Å². The minimum Gasteiger partial charge on any atom is -0.454 e. The van der Waals surface area contributed by atoms with Gasteiger partial charge in [0.15, 0.2) is 0 Å². The van der Waals surface area contributed by atoms with Crippen molar-refractivity contribution >= 4 is 33.4 Å². The van der Waals surface area contributed by atoms with Crippen molar-refractivity contribution in [2.24, 2.45) is 5.73 Å². The van der Waals surface area contributed by atoms with Crippen LogP contribution in [-0.4, -0.2) is 10.8 Å². The lowest BCUT2D eigenvalue weighted by Gasteiger charge is -2.08. The average Bonchev–Trinajstić information content (AvgIpc) is 2.31. The molecule has 0 bridgehead atoms. The van der Waals surface area contributed by atoms with Crippen molar-refractivity contribution in [2.45, 2.75) is 0 Å². The van der Waals surface area contributed by atoms with Crippen molar-refractivity contribution < 1.29 is 4.74 Å². The summed E-state index contributed by atoms with van der Waals surface area (Å²) < 4.78 is 6.41. The second kappa shape index (κ2) is 5.37. The molecule has 6 heteroatoms. The van der Waals surface area contributed by atoms with E-state index < -0.39 is 0 Å². The van der Waals surface area contributed by atoms with Crippen molar-refractivity contribution in [1.29, 1.82) is 5.41 Å². The van der Waals surface area contributed by atoms with E-state index in [1.807, 2.05) is 0 Å². The molecule has 0 saturated heterocycles. The Morgan fingerprint density at radius 1 is 1.33 bits per heavy atom. The van der Waals surface area contributed by atoms with Gasteiger partial charge >= 0.3 is 0 Å². The number of halogens is 2. The lowest BCUT2D eigenvalue weighted by atomic mass is 10.2. The number of nitrogens with zero attached hydrogens (tertiary/aromatic N) is 1. The number of hydrogen-bond donors (Lipinski definition) is 2. The van der Waals surface area contributed by atoms with Gasteiger partial charge in [0.05, 0.1) is 11.2 Å². The monoisotopic (exact) mass is 325 g/mol. The summed E-state index contributed by atoms with van der Waals surface area (Å²) in [5.41, 5.74) is 5.93. The number of aromatic nitrogens is 1. The summed E-state index contributed by atoms with van der Waals surface area (Å²) in [6.45, 7) is 0. The smallest absolute Gasteiger partial charge is 0.146 e. The molecule has 4 nitrogen and oxygen atoms in total. The predicted octanol–water partition coefficient (Wildman–Crippen LogP) is 3.57. The van der Waals surface area contributed by atoms with E-state index in [9.17, 15) is 0 Å². The summed E-state index contributed by atoms with van der Waals surface area (Å²) in [4.78, 5) is 3.99. The van der Waals surface area contributed by atoms with Crippen LogP contribution in [0.25, 0.3) is 0 Å². The van der Waals surface area contributed by atoms with Gasteiger partial charge in [0, 0.05) is 16.2 Å². The van der Waals surface area contributed by atoms with Crippen molar-refractivity contribution in [1.82, 2.24) is 4.98 Å². The van der Waals surface area contributed by atoms with Gasteiger partial charge in [-0.3, -0.25) is 10.4 Å². The molecule has 18 heavy (non-hydrogen) atoms. The molecule has 2 rings (SSSR count). The molecule has 1 heterocycles. The fraction of sp³-hybridized carbons (Fsp3) is 0. The fourth-order valence-corrected chi connectivity index (χ4v) is 1.89. The van der Waals surface area contributed by atoms with Crippen LogP contribution in [0.15, 0.2) is 41.1 Å². The van der Waals surface area contributed by atoms with Crippen LogP contribution in [0.1, 0.15) is 5.56 Å². The van der Waals surface area contributed by atoms with Crippen LogP contribution in [0.4, 0.5) is 0 Å². The summed E-state index contributed by atoms with van der Waals surface area (Å²) in [5, 5.41) is 7.71. The second-order valence-electron chi connectivity index (χ2n) is 3.50. The summed E-state index contributed by atoms with van der Waals surface area (Å²) >= 11 is 9.36. The molecule has 0 aliphatic heterocycles. The number of nitrogen functional groups attached to an aromatic ring is 1. The summed E-state index contributed by atoms with van der Waals surface area (Å²) in [5.74, 6) is 1.02. The minimum atomic E-state index is -0.0347. The highest BCUT2D eigenvalue weighted by Crippen LogP contribution is 2.30. The van der Waals surface area contributed by atoms with Crippen LogP contribution in [0.3, 0.4) is 0 Å². The Hall–Kier alpha value is -1.59. The molecule has 1 aromatic heterocycles. The lowest BCUT2D eigenvalue weighted by molar-refractivity contribution is 0.480. The van der Waals surface area contributed by atoms with E-state index in [0.717, 1.165) is 4.47 Å². The number of rotatable bonds is 3. The Kier molecular flexibility index (Phi) is 3.84. The average molecular weight is 327 g/mol. The SMILES string of the molecule is N=C(N)c1ccc(Oc2cncc(Br)c2)c(Cl)c1. The Balaban J connectivity index is 2.27. The number of pyridine rings is 1. The third-order valence-electron chi connectivity index (χ3n) is 2.15. The third kappa shape index (κ3) is 3.00. The van der Waals surface area contributed by atoms with Crippen LogP contribution >= 0.6 is 27.5 Å². The summed E-state index contributed by atoms with van der Waals surface area (Å²) in [7, 11) is 0. The van der Waals surface area contributed by atoms with Gasteiger partial charge in [-0.2, -0.15) is 0 Å².